The van der Waals surface area contributed by atoms with Crippen LogP contribution in [0.3, 0.4) is 0 Å². The first-order chi connectivity index (χ1) is 9.20. The Hall–Kier alpha value is -0.860. The van der Waals surface area contributed by atoms with Crippen molar-refractivity contribution in [2.75, 3.05) is 26.7 Å². The van der Waals surface area contributed by atoms with Gasteiger partial charge in [-0.2, -0.15) is 7.05 Å². The highest BCUT2D eigenvalue weighted by Gasteiger charge is 2.19. The lowest BCUT2D eigenvalue weighted by atomic mass is 9.92. The van der Waals surface area contributed by atoms with Gasteiger partial charge in [0.25, 0.3) is 0 Å². The molecule has 0 aromatic heterocycles. The number of nitrogens with zero attached hydrogens (tertiary/aromatic N) is 2. The second kappa shape index (κ2) is 7.06. The summed E-state index contributed by atoms with van der Waals surface area (Å²) in [6.07, 6.45) is 2.71. The van der Waals surface area contributed by atoms with Gasteiger partial charge >= 0.3 is 0 Å². The van der Waals surface area contributed by atoms with Crippen LogP contribution in [0.2, 0.25) is 0 Å². The molecular weight excluding hydrogens is 232 g/mol. The predicted octanol–water partition coefficient (Wildman–Crippen LogP) is 4.10. The van der Waals surface area contributed by atoms with Crippen molar-refractivity contribution in [3.8, 4) is 0 Å². The zero-order valence-corrected chi connectivity index (χ0v) is 12.5. The van der Waals surface area contributed by atoms with E-state index in [9.17, 15) is 0 Å². The van der Waals surface area contributed by atoms with Crippen molar-refractivity contribution >= 4 is 0 Å². The second-order valence-electron chi connectivity index (χ2n) is 6.07. The average Bonchev–Trinajstić information content (AvgIpc) is 2.43. The molecule has 2 atom stereocenters. The Morgan fingerprint density at radius 3 is 2.42 bits per heavy atom. The molecule has 0 radical (unpaired) electrons. The maximum atomic E-state index is 4.61. The standard InChI is InChI=1S/C17H27N2/c1-14-9-11-19(12-10-14)13-15(2)17(18-3)16-7-5-4-6-8-16/h4-8,14-15,17H,9-13H2,1-3H3/q-1/t15-,17+/m0/s1. The summed E-state index contributed by atoms with van der Waals surface area (Å²) in [5.74, 6) is 1.49. The molecule has 0 spiro atoms. The fraction of sp³-hybridized carbons (Fsp3) is 0.647. The molecule has 1 aliphatic rings. The molecule has 1 saturated heterocycles. The molecule has 0 bridgehead atoms. The van der Waals surface area contributed by atoms with Crippen molar-refractivity contribution < 1.29 is 0 Å². The number of benzene rings is 1. The normalized spacial score (nSPS) is 21.2. The van der Waals surface area contributed by atoms with Crippen LogP contribution in [0.15, 0.2) is 30.3 Å². The minimum Gasteiger partial charge on any atom is -0.658 e. The lowest BCUT2D eigenvalue weighted by Crippen LogP contribution is -2.37. The number of likely N-dealkylation sites (tertiary alicyclic amines) is 1. The monoisotopic (exact) mass is 259 g/mol. The van der Waals surface area contributed by atoms with E-state index in [0.29, 0.717) is 12.0 Å². The number of hydrogen-bond acceptors (Lipinski definition) is 1. The molecule has 0 unspecified atom stereocenters. The molecule has 106 valence electrons. The molecular formula is C17H27N2-. The quantitative estimate of drug-likeness (QED) is 0.778. The topological polar surface area (TPSA) is 17.3 Å². The van der Waals surface area contributed by atoms with E-state index < -0.39 is 0 Å². The van der Waals surface area contributed by atoms with Crippen LogP contribution in [0.25, 0.3) is 5.32 Å². The summed E-state index contributed by atoms with van der Waals surface area (Å²) in [6, 6.07) is 11.0. The van der Waals surface area contributed by atoms with E-state index in [0.717, 1.165) is 5.92 Å². The first-order valence-electron chi connectivity index (χ1n) is 7.57. The fourth-order valence-corrected chi connectivity index (χ4v) is 3.13. The highest BCUT2D eigenvalue weighted by molar-refractivity contribution is 5.23. The Morgan fingerprint density at radius 2 is 1.84 bits per heavy atom. The van der Waals surface area contributed by atoms with Crippen LogP contribution < -0.4 is 0 Å². The van der Waals surface area contributed by atoms with Gasteiger partial charge in [-0.25, -0.2) is 0 Å². The van der Waals surface area contributed by atoms with Crippen LogP contribution in [-0.4, -0.2) is 31.6 Å². The van der Waals surface area contributed by atoms with Crippen molar-refractivity contribution in [1.82, 2.24) is 4.90 Å². The van der Waals surface area contributed by atoms with Gasteiger partial charge < -0.3 is 10.2 Å². The van der Waals surface area contributed by atoms with Gasteiger partial charge in [-0.1, -0.05) is 49.7 Å². The first kappa shape index (κ1) is 14.5. The van der Waals surface area contributed by atoms with Gasteiger partial charge in [0.1, 0.15) is 0 Å². The smallest absolute Gasteiger partial charge is 0.000382 e. The fourth-order valence-electron chi connectivity index (χ4n) is 3.13. The van der Waals surface area contributed by atoms with Gasteiger partial charge in [0.2, 0.25) is 0 Å². The molecule has 1 aromatic carbocycles. The summed E-state index contributed by atoms with van der Waals surface area (Å²) in [4.78, 5) is 2.62. The summed E-state index contributed by atoms with van der Waals surface area (Å²) < 4.78 is 0. The Bertz CT molecular complexity index is 355. The van der Waals surface area contributed by atoms with E-state index in [1.807, 2.05) is 7.05 Å². The van der Waals surface area contributed by atoms with Crippen LogP contribution in [0.4, 0.5) is 0 Å². The Kier molecular flexibility index (Phi) is 5.41. The van der Waals surface area contributed by atoms with E-state index in [4.69, 9.17) is 0 Å². The Labute approximate surface area is 118 Å². The largest absolute Gasteiger partial charge is 0.658 e. The lowest BCUT2D eigenvalue weighted by Gasteiger charge is -2.39. The van der Waals surface area contributed by atoms with Crippen LogP contribution in [0.5, 0.6) is 0 Å². The molecule has 0 N–H and O–H groups in total. The van der Waals surface area contributed by atoms with E-state index >= 15 is 0 Å². The van der Waals surface area contributed by atoms with Crippen LogP contribution >= 0.6 is 0 Å². The zero-order valence-electron chi connectivity index (χ0n) is 12.5. The van der Waals surface area contributed by atoms with Crippen LogP contribution in [0.1, 0.15) is 38.3 Å². The van der Waals surface area contributed by atoms with Gasteiger partial charge in [0, 0.05) is 0 Å². The number of rotatable bonds is 5. The molecule has 1 fully saturated rings. The van der Waals surface area contributed by atoms with E-state index in [1.165, 1.54) is 38.0 Å². The van der Waals surface area contributed by atoms with Crippen molar-refractivity contribution in [3.05, 3.63) is 41.2 Å². The molecule has 1 aliphatic heterocycles. The molecule has 2 rings (SSSR count). The van der Waals surface area contributed by atoms with Gasteiger partial charge in [0.15, 0.2) is 0 Å². The molecule has 0 amide bonds. The van der Waals surface area contributed by atoms with Gasteiger partial charge in [-0.05, 0) is 44.3 Å². The highest BCUT2D eigenvalue weighted by atomic mass is 15.1. The maximum Gasteiger partial charge on any atom is -0.000382 e. The molecule has 0 aliphatic carbocycles. The summed E-state index contributed by atoms with van der Waals surface area (Å²) in [7, 11) is 1.95. The lowest BCUT2D eigenvalue weighted by molar-refractivity contribution is 0.166. The van der Waals surface area contributed by atoms with Crippen molar-refractivity contribution in [1.29, 1.82) is 0 Å². The van der Waals surface area contributed by atoms with Gasteiger partial charge in [-0.15, -0.1) is 6.04 Å². The van der Waals surface area contributed by atoms with E-state index in [2.05, 4.69) is 54.4 Å². The summed E-state index contributed by atoms with van der Waals surface area (Å²) in [5, 5.41) is 4.61. The molecule has 19 heavy (non-hydrogen) atoms. The molecule has 1 aromatic rings. The molecule has 0 saturated carbocycles. The summed E-state index contributed by atoms with van der Waals surface area (Å²) in [5.41, 5.74) is 1.35. The van der Waals surface area contributed by atoms with E-state index in [-0.39, 0.29) is 0 Å². The highest BCUT2D eigenvalue weighted by Crippen LogP contribution is 2.30. The minimum absolute atomic E-state index is 0.334. The third kappa shape index (κ3) is 4.05. The molecule has 2 heteroatoms. The summed E-state index contributed by atoms with van der Waals surface area (Å²) in [6.45, 7) is 8.40. The number of hydrogen-bond donors (Lipinski definition) is 0. The SMILES string of the molecule is C[N-][C@@H](c1ccccc1)[C@@H](C)CN1CCC(C)CC1. The maximum absolute atomic E-state index is 4.61. The van der Waals surface area contributed by atoms with Crippen molar-refractivity contribution in [3.63, 3.8) is 0 Å². The first-order valence-corrected chi connectivity index (χ1v) is 7.57. The Morgan fingerprint density at radius 1 is 1.21 bits per heavy atom. The van der Waals surface area contributed by atoms with Crippen molar-refractivity contribution in [2.24, 2.45) is 11.8 Å². The van der Waals surface area contributed by atoms with Crippen LogP contribution in [0, 0.1) is 11.8 Å². The zero-order chi connectivity index (χ0) is 13.7. The summed E-state index contributed by atoms with van der Waals surface area (Å²) >= 11 is 0. The third-order valence-corrected chi connectivity index (χ3v) is 4.38. The predicted molar refractivity (Wildman–Crippen MR) is 82.5 cm³/mol. The third-order valence-electron chi connectivity index (χ3n) is 4.38. The Balaban J connectivity index is 1.92. The van der Waals surface area contributed by atoms with E-state index in [1.54, 1.807) is 0 Å². The number of piperidine rings is 1. The molecule has 1 heterocycles. The minimum atomic E-state index is 0.334. The second-order valence-corrected chi connectivity index (χ2v) is 6.07. The van der Waals surface area contributed by atoms with Crippen molar-refractivity contribution in [2.45, 2.75) is 32.7 Å². The molecule has 2 nitrogen and oxygen atoms in total. The average molecular weight is 259 g/mol. The van der Waals surface area contributed by atoms with Gasteiger partial charge in [-0.3, -0.25) is 0 Å². The van der Waals surface area contributed by atoms with Gasteiger partial charge in [0.05, 0.1) is 0 Å². The van der Waals surface area contributed by atoms with Crippen LogP contribution in [-0.2, 0) is 0 Å².